The Hall–Kier alpha value is -2.18. The zero-order chi connectivity index (χ0) is 23.0. The first-order valence-electron chi connectivity index (χ1n) is 12.6. The molecule has 0 saturated heterocycles. The van der Waals surface area contributed by atoms with Crippen molar-refractivity contribution in [1.29, 1.82) is 0 Å². The average Bonchev–Trinajstić information content (AvgIpc) is 3.56. The fraction of sp³-hybridized carbons (Fsp3) is 0.630. The molecule has 6 heteroatoms. The summed E-state index contributed by atoms with van der Waals surface area (Å²) < 4.78 is 6.53. The van der Waals surface area contributed by atoms with Crippen LogP contribution in [0, 0.1) is 17.8 Å². The van der Waals surface area contributed by atoms with Crippen molar-refractivity contribution in [2.24, 2.45) is 22.7 Å². The standard InChI is InChI=1S/C27H34N2O4/c1-3-26-22-18-6-7-20(30)24(22)33-25(26)19(23(31)17-9-12-28-13-10-17)8-11-27(26,32)21(14-18)29(2)15-16-4-5-16/h6-7,9,12-13,16-17,19,21,25,30,32H,3-5,8,10-11,14-15H2,1-2H3/t17-,19-,21+,25-,26-,27+/m0/s1. The number of ketones is 1. The molecule has 0 spiro atoms. The molecule has 2 aliphatic heterocycles. The van der Waals surface area contributed by atoms with E-state index in [0.29, 0.717) is 31.4 Å². The number of aliphatic hydroxyl groups is 1. The minimum absolute atomic E-state index is 0.0371. The number of Topliss-reactive ketones (excluding diaryl/α,β-unsaturated/α-hetero) is 1. The third-order valence-electron chi connectivity index (χ3n) is 9.27. The van der Waals surface area contributed by atoms with Gasteiger partial charge in [0.25, 0.3) is 0 Å². The van der Waals surface area contributed by atoms with Gasteiger partial charge in [0.15, 0.2) is 11.5 Å². The molecule has 176 valence electrons. The van der Waals surface area contributed by atoms with Crippen molar-refractivity contribution in [2.75, 3.05) is 13.6 Å². The van der Waals surface area contributed by atoms with Gasteiger partial charge in [0, 0.05) is 36.5 Å². The Bertz CT molecular complexity index is 1050. The van der Waals surface area contributed by atoms with E-state index >= 15 is 0 Å². The second-order valence-corrected chi connectivity index (χ2v) is 10.9. The van der Waals surface area contributed by atoms with E-state index in [1.807, 2.05) is 12.1 Å². The van der Waals surface area contributed by atoms with Gasteiger partial charge in [0.2, 0.25) is 0 Å². The van der Waals surface area contributed by atoms with Crippen molar-refractivity contribution < 1.29 is 19.7 Å². The van der Waals surface area contributed by atoms with Gasteiger partial charge in [-0.15, -0.1) is 0 Å². The summed E-state index contributed by atoms with van der Waals surface area (Å²) >= 11 is 0. The van der Waals surface area contributed by atoms with Crippen molar-refractivity contribution in [1.82, 2.24) is 4.90 Å². The number of phenolic OH excluding ortho intramolecular Hbond substituents is 1. The number of hydrogen-bond donors (Lipinski definition) is 2. The van der Waals surface area contributed by atoms with E-state index in [0.717, 1.165) is 30.0 Å². The zero-order valence-electron chi connectivity index (χ0n) is 19.5. The molecule has 2 fully saturated rings. The Labute approximate surface area is 195 Å². The summed E-state index contributed by atoms with van der Waals surface area (Å²) in [5, 5.41) is 23.4. The van der Waals surface area contributed by atoms with Crippen LogP contribution < -0.4 is 4.74 Å². The molecule has 1 aromatic rings. The van der Waals surface area contributed by atoms with Crippen molar-refractivity contribution >= 4 is 12.0 Å². The lowest BCUT2D eigenvalue weighted by atomic mass is 9.48. The molecule has 0 amide bonds. The average molecular weight is 451 g/mol. The molecule has 6 nitrogen and oxygen atoms in total. The summed E-state index contributed by atoms with van der Waals surface area (Å²) in [6, 6.07) is 3.68. The number of benzene rings is 1. The molecule has 0 bridgehead atoms. The molecule has 1 aromatic carbocycles. The molecule has 3 aliphatic carbocycles. The van der Waals surface area contributed by atoms with Crippen LogP contribution in [-0.4, -0.2) is 58.5 Å². The van der Waals surface area contributed by atoms with Crippen LogP contribution in [0.15, 0.2) is 29.4 Å². The SMILES string of the molecule is CC[C@]12c3c4ccc(O)c3O[C@H]1[C@H](C(=O)[C@H]1C=CN=CC1)CC[C@@]2(O)[C@H](N(C)CC1CC1)C4. The fourth-order valence-corrected chi connectivity index (χ4v) is 7.52. The first kappa shape index (κ1) is 21.4. The summed E-state index contributed by atoms with van der Waals surface area (Å²) in [6.07, 6.45) is 10.6. The number of ether oxygens (including phenoxy) is 1. The van der Waals surface area contributed by atoms with E-state index < -0.39 is 17.1 Å². The van der Waals surface area contributed by atoms with Gasteiger partial charge in [0.05, 0.1) is 16.9 Å². The molecule has 2 saturated carbocycles. The van der Waals surface area contributed by atoms with E-state index in [2.05, 4.69) is 23.9 Å². The Morgan fingerprint density at radius 3 is 2.82 bits per heavy atom. The Balaban J connectivity index is 1.47. The predicted molar refractivity (Wildman–Crippen MR) is 126 cm³/mol. The highest BCUT2D eigenvalue weighted by Gasteiger charge is 2.71. The van der Waals surface area contributed by atoms with Crippen LogP contribution in [-0.2, 0) is 16.6 Å². The third kappa shape index (κ3) is 2.86. The maximum absolute atomic E-state index is 13.7. The number of carbonyl (C=O) groups is 1. The molecular weight excluding hydrogens is 416 g/mol. The summed E-state index contributed by atoms with van der Waals surface area (Å²) in [5.41, 5.74) is 0.374. The second-order valence-electron chi connectivity index (χ2n) is 10.9. The van der Waals surface area contributed by atoms with Crippen molar-refractivity contribution in [3.8, 4) is 11.5 Å². The third-order valence-corrected chi connectivity index (χ3v) is 9.27. The summed E-state index contributed by atoms with van der Waals surface area (Å²) in [4.78, 5) is 20.2. The van der Waals surface area contributed by atoms with Gasteiger partial charge in [-0.05, 0) is 69.5 Å². The minimum Gasteiger partial charge on any atom is -0.504 e. The number of aromatic hydroxyl groups is 1. The molecule has 33 heavy (non-hydrogen) atoms. The number of allylic oxidation sites excluding steroid dienone is 1. The number of phenols is 1. The summed E-state index contributed by atoms with van der Waals surface area (Å²) in [6.45, 7) is 3.10. The quantitative estimate of drug-likeness (QED) is 0.694. The van der Waals surface area contributed by atoms with E-state index in [1.165, 1.54) is 12.8 Å². The number of aliphatic imine (C=N–C) groups is 1. The van der Waals surface area contributed by atoms with Crippen LogP contribution in [0.3, 0.4) is 0 Å². The maximum Gasteiger partial charge on any atom is 0.165 e. The lowest BCUT2D eigenvalue weighted by Gasteiger charge is -2.60. The monoisotopic (exact) mass is 450 g/mol. The van der Waals surface area contributed by atoms with Crippen LogP contribution in [0.4, 0.5) is 0 Å². The Kier molecular flexibility index (Phi) is 4.80. The maximum atomic E-state index is 13.7. The van der Waals surface area contributed by atoms with Crippen molar-refractivity contribution in [3.63, 3.8) is 0 Å². The van der Waals surface area contributed by atoms with Crippen LogP contribution in [0.5, 0.6) is 11.5 Å². The Morgan fingerprint density at radius 1 is 1.30 bits per heavy atom. The van der Waals surface area contributed by atoms with Gasteiger partial charge in [0.1, 0.15) is 11.9 Å². The van der Waals surface area contributed by atoms with Crippen LogP contribution in [0.2, 0.25) is 0 Å². The van der Waals surface area contributed by atoms with Gasteiger partial charge >= 0.3 is 0 Å². The summed E-state index contributed by atoms with van der Waals surface area (Å²) in [5.74, 6) is 0.963. The number of rotatable bonds is 6. The first-order valence-corrected chi connectivity index (χ1v) is 12.6. The highest BCUT2D eigenvalue weighted by Crippen LogP contribution is 2.65. The van der Waals surface area contributed by atoms with Gasteiger partial charge in [-0.2, -0.15) is 0 Å². The molecule has 6 atom stereocenters. The highest BCUT2D eigenvalue weighted by molar-refractivity contribution is 5.89. The number of likely N-dealkylation sites (N-methyl/N-ethyl adjacent to an activating group) is 1. The molecular formula is C27H34N2O4. The van der Waals surface area contributed by atoms with Gasteiger partial charge in [-0.1, -0.05) is 19.1 Å². The molecule has 6 rings (SSSR count). The predicted octanol–water partition coefficient (Wildman–Crippen LogP) is 3.38. The number of hydrogen-bond acceptors (Lipinski definition) is 6. The molecule has 2 N–H and O–H groups in total. The first-order chi connectivity index (χ1) is 15.9. The summed E-state index contributed by atoms with van der Waals surface area (Å²) in [7, 11) is 2.14. The minimum atomic E-state index is -1.01. The lowest BCUT2D eigenvalue weighted by molar-refractivity contribution is -0.175. The van der Waals surface area contributed by atoms with E-state index in [1.54, 1.807) is 18.5 Å². The lowest BCUT2D eigenvalue weighted by Crippen LogP contribution is -2.73. The molecule has 5 aliphatic rings. The van der Waals surface area contributed by atoms with E-state index in [-0.39, 0.29) is 29.4 Å². The largest absolute Gasteiger partial charge is 0.504 e. The van der Waals surface area contributed by atoms with Crippen molar-refractivity contribution in [3.05, 3.63) is 35.5 Å². The smallest absolute Gasteiger partial charge is 0.165 e. The van der Waals surface area contributed by atoms with E-state index in [4.69, 9.17) is 4.74 Å². The molecule has 2 heterocycles. The second kappa shape index (κ2) is 7.41. The molecule has 0 radical (unpaired) electrons. The fourth-order valence-electron chi connectivity index (χ4n) is 7.52. The van der Waals surface area contributed by atoms with Gasteiger partial charge < -0.3 is 14.9 Å². The normalized spacial score (nSPS) is 38.3. The van der Waals surface area contributed by atoms with Gasteiger partial charge in [-0.3, -0.25) is 14.7 Å². The van der Waals surface area contributed by atoms with Crippen LogP contribution >= 0.6 is 0 Å². The van der Waals surface area contributed by atoms with Crippen LogP contribution in [0.1, 0.15) is 56.6 Å². The highest BCUT2D eigenvalue weighted by atomic mass is 16.5. The molecule has 0 aromatic heterocycles. The van der Waals surface area contributed by atoms with Crippen molar-refractivity contribution in [2.45, 2.75) is 75.0 Å². The zero-order valence-corrected chi connectivity index (χ0v) is 19.5. The van der Waals surface area contributed by atoms with Gasteiger partial charge in [-0.25, -0.2) is 0 Å². The van der Waals surface area contributed by atoms with E-state index in [9.17, 15) is 15.0 Å². The molecule has 0 unspecified atom stereocenters. The Morgan fingerprint density at radius 2 is 2.12 bits per heavy atom. The topological polar surface area (TPSA) is 82.4 Å². The number of nitrogens with zero attached hydrogens (tertiary/aromatic N) is 2. The van der Waals surface area contributed by atoms with Crippen LogP contribution in [0.25, 0.3) is 0 Å². The number of carbonyl (C=O) groups excluding carboxylic acids is 1.